The monoisotopic (exact) mass is 264 g/mol. The van der Waals surface area contributed by atoms with Gasteiger partial charge in [-0.05, 0) is 12.1 Å². The van der Waals surface area contributed by atoms with Gasteiger partial charge in [-0.2, -0.15) is 0 Å². The number of benzene rings is 1. The number of amides is 2. The molecule has 1 aromatic rings. The number of piperazine rings is 1. The summed E-state index contributed by atoms with van der Waals surface area (Å²) in [5.41, 5.74) is 0.179. The van der Waals surface area contributed by atoms with Crippen molar-refractivity contribution >= 4 is 11.8 Å². The molecule has 0 bridgehead atoms. The highest BCUT2D eigenvalue weighted by Gasteiger charge is 2.27. The van der Waals surface area contributed by atoms with E-state index in [1.54, 1.807) is 18.0 Å². The van der Waals surface area contributed by atoms with Gasteiger partial charge in [-0.1, -0.05) is 0 Å². The van der Waals surface area contributed by atoms with Crippen LogP contribution < -0.4 is 4.74 Å². The van der Waals surface area contributed by atoms with Gasteiger partial charge in [-0.15, -0.1) is 0 Å². The number of methoxy groups -OCH3 is 1. The van der Waals surface area contributed by atoms with Crippen LogP contribution in [-0.4, -0.2) is 60.5 Å². The molecule has 1 saturated heterocycles. The van der Waals surface area contributed by atoms with E-state index < -0.39 is 0 Å². The van der Waals surface area contributed by atoms with Crippen LogP contribution in [0.15, 0.2) is 18.2 Å². The van der Waals surface area contributed by atoms with Crippen LogP contribution in [0.25, 0.3) is 0 Å². The second-order valence-electron chi connectivity index (χ2n) is 4.43. The lowest BCUT2D eigenvalue weighted by Gasteiger charge is -2.32. The molecule has 1 aliphatic rings. The summed E-state index contributed by atoms with van der Waals surface area (Å²) < 4.78 is 4.96. The molecule has 0 spiro atoms. The zero-order chi connectivity index (χ0) is 14.0. The van der Waals surface area contributed by atoms with Crippen LogP contribution in [0.5, 0.6) is 11.5 Å². The molecular formula is C13H16N2O4. The van der Waals surface area contributed by atoms with Gasteiger partial charge in [0.2, 0.25) is 5.91 Å². The van der Waals surface area contributed by atoms with E-state index in [1.807, 2.05) is 0 Å². The minimum absolute atomic E-state index is 0.0425. The van der Waals surface area contributed by atoms with Gasteiger partial charge in [0.15, 0.2) is 0 Å². The van der Waals surface area contributed by atoms with Gasteiger partial charge in [0.25, 0.3) is 5.91 Å². The van der Waals surface area contributed by atoms with Crippen molar-refractivity contribution < 1.29 is 19.4 Å². The Bertz CT molecular complexity index is 515. The van der Waals surface area contributed by atoms with Crippen LogP contribution >= 0.6 is 0 Å². The van der Waals surface area contributed by atoms with Crippen molar-refractivity contribution in [2.75, 3.05) is 33.8 Å². The Morgan fingerprint density at radius 2 is 2.11 bits per heavy atom. The average Bonchev–Trinajstić information content (AvgIpc) is 2.41. The summed E-state index contributed by atoms with van der Waals surface area (Å²) in [6.45, 7) is 1.01. The summed E-state index contributed by atoms with van der Waals surface area (Å²) >= 11 is 0. The Labute approximate surface area is 111 Å². The molecule has 1 N–H and O–H groups in total. The Hall–Kier alpha value is -2.24. The van der Waals surface area contributed by atoms with E-state index in [1.165, 1.54) is 24.1 Å². The highest BCUT2D eigenvalue weighted by molar-refractivity contribution is 5.99. The highest BCUT2D eigenvalue weighted by Crippen LogP contribution is 2.24. The maximum absolute atomic E-state index is 12.2. The second kappa shape index (κ2) is 5.17. The molecule has 6 nitrogen and oxygen atoms in total. The van der Waals surface area contributed by atoms with Crippen molar-refractivity contribution in [3.8, 4) is 11.5 Å². The van der Waals surface area contributed by atoms with Crippen LogP contribution in [0.4, 0.5) is 0 Å². The van der Waals surface area contributed by atoms with Crippen molar-refractivity contribution in [2.45, 2.75) is 0 Å². The van der Waals surface area contributed by atoms with Gasteiger partial charge in [-0.3, -0.25) is 9.59 Å². The molecule has 2 amide bonds. The first-order valence-electron chi connectivity index (χ1n) is 5.93. The van der Waals surface area contributed by atoms with E-state index in [0.29, 0.717) is 18.8 Å². The number of likely N-dealkylation sites (N-methyl/N-ethyl adjacent to an activating group) is 1. The summed E-state index contributed by atoms with van der Waals surface area (Å²) in [5.74, 6) is -0.117. The maximum atomic E-state index is 12.2. The molecule has 1 aliphatic heterocycles. The largest absolute Gasteiger partial charge is 0.507 e. The third-order valence-corrected chi connectivity index (χ3v) is 3.18. The fourth-order valence-corrected chi connectivity index (χ4v) is 1.92. The van der Waals surface area contributed by atoms with Gasteiger partial charge in [-0.25, -0.2) is 0 Å². The standard InChI is InChI=1S/C13H16N2O4/c1-14-5-6-15(8-12(14)17)13(18)10-4-3-9(19-2)7-11(10)16/h3-4,7,16H,5-6,8H2,1-2H3. The normalized spacial score (nSPS) is 15.6. The number of nitrogens with zero attached hydrogens (tertiary/aromatic N) is 2. The third-order valence-electron chi connectivity index (χ3n) is 3.18. The number of hydrogen-bond acceptors (Lipinski definition) is 4. The minimum Gasteiger partial charge on any atom is -0.507 e. The molecule has 0 unspecified atom stereocenters. The lowest BCUT2D eigenvalue weighted by Crippen LogP contribution is -2.50. The van der Waals surface area contributed by atoms with E-state index in [4.69, 9.17) is 4.74 Å². The Balaban J connectivity index is 2.18. The van der Waals surface area contributed by atoms with Crippen molar-refractivity contribution in [3.63, 3.8) is 0 Å². The van der Waals surface area contributed by atoms with E-state index in [2.05, 4.69) is 0 Å². The maximum Gasteiger partial charge on any atom is 0.258 e. The molecule has 1 fully saturated rings. The first kappa shape index (κ1) is 13.2. The Kier molecular flexibility index (Phi) is 3.59. The summed E-state index contributed by atoms with van der Waals surface area (Å²) in [7, 11) is 3.18. The first-order valence-corrected chi connectivity index (χ1v) is 5.93. The quantitative estimate of drug-likeness (QED) is 0.835. The predicted octanol–water partition coefficient (Wildman–Crippen LogP) is 0.315. The van der Waals surface area contributed by atoms with Gasteiger partial charge in [0.05, 0.1) is 12.7 Å². The van der Waals surface area contributed by atoms with Gasteiger partial charge < -0.3 is 19.6 Å². The lowest BCUT2D eigenvalue weighted by atomic mass is 10.1. The predicted molar refractivity (Wildman–Crippen MR) is 68.2 cm³/mol. The highest BCUT2D eigenvalue weighted by atomic mass is 16.5. The van der Waals surface area contributed by atoms with Crippen LogP contribution in [0.2, 0.25) is 0 Å². The second-order valence-corrected chi connectivity index (χ2v) is 4.43. The molecule has 0 radical (unpaired) electrons. The zero-order valence-electron chi connectivity index (χ0n) is 10.9. The van der Waals surface area contributed by atoms with Crippen LogP contribution in [-0.2, 0) is 4.79 Å². The Morgan fingerprint density at radius 3 is 2.68 bits per heavy atom. The van der Waals surface area contributed by atoms with Crippen molar-refractivity contribution in [3.05, 3.63) is 23.8 Å². The number of hydrogen-bond donors (Lipinski definition) is 1. The zero-order valence-corrected chi connectivity index (χ0v) is 10.9. The van der Waals surface area contributed by atoms with Crippen molar-refractivity contribution in [2.24, 2.45) is 0 Å². The molecule has 19 heavy (non-hydrogen) atoms. The summed E-state index contributed by atoms with van der Waals surface area (Å²) in [5, 5.41) is 9.82. The van der Waals surface area contributed by atoms with Crippen LogP contribution in [0.1, 0.15) is 10.4 Å². The van der Waals surface area contributed by atoms with Crippen LogP contribution in [0, 0.1) is 0 Å². The van der Waals surface area contributed by atoms with Gasteiger partial charge in [0, 0.05) is 26.2 Å². The fourth-order valence-electron chi connectivity index (χ4n) is 1.92. The van der Waals surface area contributed by atoms with E-state index >= 15 is 0 Å². The molecule has 102 valence electrons. The number of rotatable bonds is 2. The number of ether oxygens (including phenoxy) is 1. The molecule has 1 aromatic carbocycles. The Morgan fingerprint density at radius 1 is 1.37 bits per heavy atom. The molecule has 6 heteroatoms. The lowest BCUT2D eigenvalue weighted by molar-refractivity contribution is -0.133. The minimum atomic E-state index is -0.346. The van der Waals surface area contributed by atoms with Crippen molar-refractivity contribution in [1.82, 2.24) is 9.80 Å². The van der Waals surface area contributed by atoms with Gasteiger partial charge in [0.1, 0.15) is 18.0 Å². The van der Waals surface area contributed by atoms with E-state index in [0.717, 1.165) is 0 Å². The summed E-state index contributed by atoms with van der Waals surface area (Å²) in [6, 6.07) is 4.48. The first-order chi connectivity index (χ1) is 9.02. The SMILES string of the molecule is COc1ccc(C(=O)N2CCN(C)C(=O)C2)c(O)c1. The molecule has 0 saturated carbocycles. The number of phenolic OH excluding ortho intramolecular Hbond substituents is 1. The molecule has 1 heterocycles. The molecular weight excluding hydrogens is 248 g/mol. The molecule has 0 aromatic heterocycles. The third kappa shape index (κ3) is 2.62. The molecule has 0 aliphatic carbocycles. The average molecular weight is 264 g/mol. The van der Waals surface area contributed by atoms with Crippen LogP contribution in [0.3, 0.4) is 0 Å². The number of phenols is 1. The molecule has 0 atom stereocenters. The topological polar surface area (TPSA) is 70.1 Å². The number of aromatic hydroxyl groups is 1. The number of carbonyl (C=O) groups excluding carboxylic acids is 2. The summed E-state index contributed by atoms with van der Waals surface area (Å²) in [4.78, 5) is 26.8. The van der Waals surface area contributed by atoms with Crippen molar-refractivity contribution in [1.29, 1.82) is 0 Å². The van der Waals surface area contributed by atoms with Gasteiger partial charge >= 0.3 is 0 Å². The molecule has 2 rings (SSSR count). The number of carbonyl (C=O) groups is 2. The fraction of sp³-hybridized carbons (Fsp3) is 0.385. The smallest absolute Gasteiger partial charge is 0.258 e. The summed E-state index contributed by atoms with van der Waals surface area (Å²) in [6.07, 6.45) is 0. The van der Waals surface area contributed by atoms with E-state index in [-0.39, 0.29) is 29.7 Å². The van der Waals surface area contributed by atoms with E-state index in [9.17, 15) is 14.7 Å².